The molecular weight excluding hydrogens is 118 g/mol. The summed E-state index contributed by atoms with van der Waals surface area (Å²) >= 11 is 0. The van der Waals surface area contributed by atoms with E-state index in [-0.39, 0.29) is 0 Å². The van der Waals surface area contributed by atoms with E-state index in [9.17, 15) is 0 Å². The average Bonchev–Trinajstić information content (AvgIpc) is 1.65. The molecule has 0 heterocycles. The monoisotopic (exact) mass is 124 g/mol. The first kappa shape index (κ1) is 6.59. The van der Waals surface area contributed by atoms with E-state index in [2.05, 4.69) is 8.78 Å². The summed E-state index contributed by atoms with van der Waals surface area (Å²) in [7, 11) is 1.34. The Labute approximate surface area is 42.0 Å². The fourth-order valence-corrected chi connectivity index (χ4v) is 0.500. The molecule has 0 aromatic carbocycles. The highest BCUT2D eigenvalue weighted by atomic mass is 31.0. The van der Waals surface area contributed by atoms with Gasteiger partial charge in [-0.2, -0.15) is 0 Å². The van der Waals surface area contributed by atoms with Crippen molar-refractivity contribution < 1.29 is 13.8 Å². The Bertz CT molecular complexity index is 30.0. The molecule has 0 aliphatic rings. The lowest BCUT2D eigenvalue weighted by Crippen LogP contribution is -2.15. The highest BCUT2D eigenvalue weighted by Crippen LogP contribution is 1.86. The van der Waals surface area contributed by atoms with Crippen LogP contribution in [0.25, 0.3) is 0 Å². The molecule has 3 nitrogen and oxygen atoms in total. The predicted molar refractivity (Wildman–Crippen MR) is 29.8 cm³/mol. The molecule has 1 N–H and O–H groups in total. The lowest BCUT2D eigenvalue weighted by atomic mass is 10.3. The maximum absolute atomic E-state index is 8.24. The molecule has 0 aromatic rings. The van der Waals surface area contributed by atoms with Crippen LogP contribution >= 0.6 is 9.47 Å². The zero-order valence-electron chi connectivity index (χ0n) is 3.42. The quantitative estimate of drug-likeness (QED) is 0.344. The predicted octanol–water partition coefficient (Wildman–Crippen LogP) is -1.93. The first-order chi connectivity index (χ1) is 2.81. The Kier molecular flexibility index (Phi) is 4.14. The minimum atomic E-state index is -1.04. The third-order valence-electron chi connectivity index (χ3n) is 0.318. The van der Waals surface area contributed by atoms with E-state index in [0.29, 0.717) is 10.5 Å². The summed E-state index contributed by atoms with van der Waals surface area (Å²) in [6.45, 7) is 0. The van der Waals surface area contributed by atoms with Crippen molar-refractivity contribution in [3.8, 4) is 0 Å². The van der Waals surface area contributed by atoms with Crippen LogP contribution < -0.4 is 0 Å². The van der Waals surface area contributed by atoms with Crippen LogP contribution in [0, 0.1) is 0 Å². The summed E-state index contributed by atoms with van der Waals surface area (Å²) in [5, 5.41) is 8.24. The van der Waals surface area contributed by atoms with E-state index in [0.717, 1.165) is 0 Å². The Morgan fingerprint density at radius 2 is 2.33 bits per heavy atom. The maximum Gasteiger partial charge on any atom is 0.628 e. The van der Waals surface area contributed by atoms with Crippen molar-refractivity contribution in [3.05, 3.63) is 0 Å². The van der Waals surface area contributed by atoms with Gasteiger partial charge in [0.1, 0.15) is 10.5 Å². The van der Waals surface area contributed by atoms with Crippen molar-refractivity contribution in [2.24, 2.45) is 0 Å². The molecule has 0 saturated heterocycles. The maximum atomic E-state index is 8.24. The van der Waals surface area contributed by atoms with E-state index in [1.54, 1.807) is 0 Å². The molecule has 0 fully saturated rings. The van der Waals surface area contributed by atoms with Crippen LogP contribution in [-0.2, 0) is 8.78 Å². The second-order valence-corrected chi connectivity index (χ2v) is 1.42. The van der Waals surface area contributed by atoms with Crippen molar-refractivity contribution >= 4 is 27.3 Å². The first-order valence-corrected chi connectivity index (χ1v) is 2.66. The van der Waals surface area contributed by atoms with Crippen LogP contribution in [0.3, 0.4) is 0 Å². The average molecular weight is 124 g/mol. The van der Waals surface area contributed by atoms with Crippen LogP contribution in [-0.4, -0.2) is 22.8 Å². The molecule has 6 heteroatoms. The lowest BCUT2D eigenvalue weighted by Gasteiger charge is -1.94. The van der Waals surface area contributed by atoms with Crippen LogP contribution in [0.1, 0.15) is 0 Å². The van der Waals surface area contributed by atoms with Gasteiger partial charge < -0.3 is 13.8 Å². The van der Waals surface area contributed by atoms with Gasteiger partial charge in [-0.3, -0.25) is 0 Å². The number of hydrogen-bond donors (Lipinski definition) is 1. The molecule has 36 valence electrons. The molecule has 0 aliphatic heterocycles. The smallest absolute Gasteiger partial charge is 0.437 e. The largest absolute Gasteiger partial charge is 0.628 e. The summed E-state index contributed by atoms with van der Waals surface area (Å²) in [5.41, 5.74) is 0. The van der Waals surface area contributed by atoms with E-state index in [4.69, 9.17) is 5.02 Å². The molecule has 0 aliphatic carbocycles. The molecular formula is H6BO3PSi. The molecule has 0 amide bonds. The second kappa shape index (κ2) is 3.77. The van der Waals surface area contributed by atoms with Gasteiger partial charge in [0.05, 0.1) is 0 Å². The first-order valence-electron chi connectivity index (χ1n) is 1.37. The van der Waals surface area contributed by atoms with Gasteiger partial charge in [0.15, 0.2) is 0 Å². The van der Waals surface area contributed by atoms with Crippen LogP contribution in [0.4, 0.5) is 0 Å². The minimum absolute atomic E-state index is 0.494. The van der Waals surface area contributed by atoms with Crippen molar-refractivity contribution in [2.75, 3.05) is 0 Å². The fraction of sp³-hybridized carbons (Fsp3) is 0. The highest BCUT2D eigenvalue weighted by molar-refractivity contribution is 7.12. The fourth-order valence-electron chi connectivity index (χ4n) is 0.0556. The van der Waals surface area contributed by atoms with Crippen LogP contribution in [0.15, 0.2) is 0 Å². The molecule has 1 atom stereocenters. The van der Waals surface area contributed by atoms with E-state index in [1.807, 2.05) is 9.47 Å². The summed E-state index contributed by atoms with van der Waals surface area (Å²) in [4.78, 5) is 0. The normalized spacial score (nSPS) is 9.00. The van der Waals surface area contributed by atoms with E-state index < -0.39 is 7.32 Å². The van der Waals surface area contributed by atoms with Crippen LogP contribution in [0.2, 0.25) is 0 Å². The Hall–Kier alpha value is 0.592. The SMILES string of the molecule is OB(O[SiH3])OP. The van der Waals surface area contributed by atoms with Gasteiger partial charge in [0.25, 0.3) is 0 Å². The van der Waals surface area contributed by atoms with E-state index in [1.165, 1.54) is 0 Å². The van der Waals surface area contributed by atoms with Gasteiger partial charge in [-0.1, -0.05) is 0 Å². The molecule has 0 bridgehead atoms. The van der Waals surface area contributed by atoms with Crippen molar-refractivity contribution in [1.29, 1.82) is 0 Å². The lowest BCUT2D eigenvalue weighted by molar-refractivity contribution is 0.330. The van der Waals surface area contributed by atoms with Crippen molar-refractivity contribution in [1.82, 2.24) is 0 Å². The summed E-state index contributed by atoms with van der Waals surface area (Å²) < 4.78 is 8.53. The van der Waals surface area contributed by atoms with Gasteiger partial charge in [-0.25, -0.2) is 0 Å². The van der Waals surface area contributed by atoms with Gasteiger partial charge in [-0.05, 0) is 9.47 Å². The molecule has 0 radical (unpaired) electrons. The third-order valence-corrected chi connectivity index (χ3v) is 0.954. The molecule has 1 unspecified atom stereocenters. The zero-order valence-corrected chi connectivity index (χ0v) is 6.57. The van der Waals surface area contributed by atoms with Gasteiger partial charge >= 0.3 is 7.32 Å². The van der Waals surface area contributed by atoms with Gasteiger partial charge in [-0.15, -0.1) is 0 Å². The van der Waals surface area contributed by atoms with Crippen LogP contribution in [0.5, 0.6) is 0 Å². The van der Waals surface area contributed by atoms with Gasteiger partial charge in [0.2, 0.25) is 0 Å². The topological polar surface area (TPSA) is 38.7 Å². The van der Waals surface area contributed by atoms with Crippen molar-refractivity contribution in [2.45, 2.75) is 0 Å². The summed E-state index contributed by atoms with van der Waals surface area (Å²) in [5.74, 6) is 0. The molecule has 0 aromatic heterocycles. The standard InChI is InChI=1S/BH6O3PSi/c2-1(3-5)4-6/h2H,5H2,6H3. The second-order valence-electron chi connectivity index (χ2n) is 0.679. The Morgan fingerprint density at radius 1 is 1.83 bits per heavy atom. The summed E-state index contributed by atoms with van der Waals surface area (Å²) in [6, 6.07) is 0. The molecule has 0 rings (SSSR count). The molecule has 0 spiro atoms. The zero-order chi connectivity index (χ0) is 4.99. The molecule has 6 heavy (non-hydrogen) atoms. The summed E-state index contributed by atoms with van der Waals surface area (Å²) in [6.07, 6.45) is 0. The van der Waals surface area contributed by atoms with Gasteiger partial charge in [0, 0.05) is 0 Å². The Morgan fingerprint density at radius 3 is 2.33 bits per heavy atom. The van der Waals surface area contributed by atoms with Crippen molar-refractivity contribution in [3.63, 3.8) is 0 Å². The molecule has 0 saturated carbocycles. The number of hydrogen-bond acceptors (Lipinski definition) is 3. The number of rotatable bonds is 2. The third kappa shape index (κ3) is 2.81. The Balaban J connectivity index is 2.75. The minimum Gasteiger partial charge on any atom is -0.437 e. The van der Waals surface area contributed by atoms with E-state index >= 15 is 0 Å². The highest BCUT2D eigenvalue weighted by Gasteiger charge is 2.06.